The number of piperazine rings is 1. The highest BCUT2D eigenvalue weighted by molar-refractivity contribution is 6.30. The molecule has 3 nitrogen and oxygen atoms in total. The number of nitrogens with zero attached hydrogens (tertiary/aromatic N) is 1. The summed E-state index contributed by atoms with van der Waals surface area (Å²) < 4.78 is 55.5. The van der Waals surface area contributed by atoms with E-state index >= 15 is 0 Å². The van der Waals surface area contributed by atoms with Crippen LogP contribution in [0.3, 0.4) is 0 Å². The zero-order chi connectivity index (χ0) is 18.7. The Morgan fingerprint density at radius 2 is 1.69 bits per heavy atom. The Morgan fingerprint density at radius 1 is 1.04 bits per heavy atom. The molecule has 1 aliphatic heterocycles. The third-order valence-electron chi connectivity index (χ3n) is 4.20. The van der Waals surface area contributed by atoms with Gasteiger partial charge in [-0.15, -0.1) is 13.2 Å². The Labute approximate surface area is 153 Å². The fraction of sp³-hybridized carbons (Fsp3) is 0.333. The van der Waals surface area contributed by atoms with Crippen molar-refractivity contribution in [1.82, 2.24) is 10.2 Å². The summed E-state index contributed by atoms with van der Waals surface area (Å²) in [5, 5.41) is 3.52. The molecular weight excluding hydrogens is 372 g/mol. The second-order valence-electron chi connectivity index (χ2n) is 5.97. The Bertz CT molecular complexity index is 746. The van der Waals surface area contributed by atoms with Crippen molar-refractivity contribution in [2.45, 2.75) is 12.4 Å². The van der Waals surface area contributed by atoms with Gasteiger partial charge in [-0.2, -0.15) is 0 Å². The molecule has 8 heteroatoms. The Hall–Kier alpha value is -1.83. The second-order valence-corrected chi connectivity index (χ2v) is 6.41. The van der Waals surface area contributed by atoms with Crippen molar-refractivity contribution in [2.24, 2.45) is 0 Å². The van der Waals surface area contributed by atoms with Gasteiger partial charge in [0.15, 0.2) is 0 Å². The largest absolute Gasteiger partial charge is 0.573 e. The molecule has 0 radical (unpaired) electrons. The van der Waals surface area contributed by atoms with E-state index in [9.17, 15) is 17.6 Å². The number of alkyl halides is 3. The predicted octanol–water partition coefficient (Wildman–Crippen LogP) is 4.37. The van der Waals surface area contributed by atoms with Gasteiger partial charge in [-0.1, -0.05) is 29.8 Å². The molecule has 2 aromatic rings. The van der Waals surface area contributed by atoms with E-state index in [4.69, 9.17) is 11.6 Å². The molecule has 0 amide bonds. The maximum atomic E-state index is 14.5. The number of halogens is 5. The average molecular weight is 389 g/mol. The van der Waals surface area contributed by atoms with Gasteiger partial charge in [-0.05, 0) is 29.8 Å². The lowest BCUT2D eigenvalue weighted by atomic mass is 9.96. The quantitative estimate of drug-likeness (QED) is 0.787. The summed E-state index contributed by atoms with van der Waals surface area (Å²) >= 11 is 5.85. The molecule has 0 spiro atoms. The lowest BCUT2D eigenvalue weighted by molar-refractivity contribution is -0.274. The van der Waals surface area contributed by atoms with Crippen molar-refractivity contribution < 1.29 is 22.3 Å². The first kappa shape index (κ1) is 18.9. The molecule has 26 heavy (non-hydrogen) atoms. The fourth-order valence-electron chi connectivity index (χ4n) is 3.10. The van der Waals surface area contributed by atoms with Gasteiger partial charge in [-0.3, -0.25) is 4.90 Å². The van der Waals surface area contributed by atoms with Crippen LogP contribution in [-0.2, 0) is 0 Å². The molecule has 1 saturated heterocycles. The minimum absolute atomic E-state index is 0.291. The smallest absolute Gasteiger partial charge is 0.406 e. The average Bonchev–Trinajstić information content (AvgIpc) is 2.58. The van der Waals surface area contributed by atoms with E-state index in [0.717, 1.165) is 13.1 Å². The van der Waals surface area contributed by atoms with E-state index in [0.29, 0.717) is 29.2 Å². The van der Waals surface area contributed by atoms with Crippen molar-refractivity contribution in [2.75, 3.05) is 26.2 Å². The lowest BCUT2D eigenvalue weighted by Gasteiger charge is -2.35. The van der Waals surface area contributed by atoms with E-state index in [1.807, 2.05) is 0 Å². The Morgan fingerprint density at radius 3 is 2.27 bits per heavy atom. The van der Waals surface area contributed by atoms with Crippen molar-refractivity contribution in [1.29, 1.82) is 0 Å². The molecule has 1 heterocycles. The van der Waals surface area contributed by atoms with Crippen LogP contribution in [0.5, 0.6) is 5.75 Å². The first-order chi connectivity index (χ1) is 12.3. The summed E-state index contributed by atoms with van der Waals surface area (Å²) in [4.78, 5) is 2.09. The first-order valence-electron chi connectivity index (χ1n) is 8.09. The van der Waals surface area contributed by atoms with Crippen LogP contribution in [0.15, 0.2) is 42.5 Å². The zero-order valence-corrected chi connectivity index (χ0v) is 14.4. The molecule has 140 valence electrons. The molecule has 1 N–H and O–H groups in total. The molecule has 0 bridgehead atoms. The van der Waals surface area contributed by atoms with Gasteiger partial charge < -0.3 is 10.1 Å². The number of hydrogen-bond acceptors (Lipinski definition) is 3. The number of rotatable bonds is 4. The Kier molecular flexibility index (Phi) is 5.70. The minimum atomic E-state index is -4.75. The first-order valence-corrected chi connectivity index (χ1v) is 8.47. The number of nitrogens with one attached hydrogen (secondary N) is 1. The predicted molar refractivity (Wildman–Crippen MR) is 90.8 cm³/mol. The van der Waals surface area contributed by atoms with E-state index in [-0.39, 0.29) is 5.75 Å². The van der Waals surface area contributed by atoms with Gasteiger partial charge in [0.1, 0.15) is 11.6 Å². The molecule has 0 aliphatic carbocycles. The third-order valence-corrected chi connectivity index (χ3v) is 4.44. The standard InChI is InChI=1S/C18H17ClF4N2O/c19-13-3-6-15(16(20)11-13)17(25-9-7-24-8-10-25)12-1-4-14(5-2-12)26-18(21,22)23/h1-6,11,17,24H,7-10H2/t17-/m1/s1. The number of benzene rings is 2. The zero-order valence-electron chi connectivity index (χ0n) is 13.7. The summed E-state index contributed by atoms with van der Waals surface area (Å²) in [5.74, 6) is -0.756. The molecule has 0 saturated carbocycles. The third kappa shape index (κ3) is 4.66. The van der Waals surface area contributed by atoms with Crippen LogP contribution >= 0.6 is 11.6 Å². The van der Waals surface area contributed by atoms with Crippen molar-refractivity contribution in [3.05, 3.63) is 64.4 Å². The van der Waals surface area contributed by atoms with Crippen LogP contribution in [0.2, 0.25) is 5.02 Å². The van der Waals surface area contributed by atoms with Crippen LogP contribution in [-0.4, -0.2) is 37.4 Å². The van der Waals surface area contributed by atoms with Gasteiger partial charge in [-0.25, -0.2) is 4.39 Å². The van der Waals surface area contributed by atoms with Crippen LogP contribution in [0, 0.1) is 5.82 Å². The molecule has 1 aliphatic rings. The van der Waals surface area contributed by atoms with Gasteiger partial charge in [0, 0.05) is 36.8 Å². The SMILES string of the molecule is Fc1cc(Cl)ccc1[C@@H](c1ccc(OC(F)(F)F)cc1)N1CCNCC1. The van der Waals surface area contributed by atoms with Crippen LogP contribution in [0.1, 0.15) is 17.2 Å². The molecule has 1 fully saturated rings. The molecule has 2 aromatic carbocycles. The van der Waals surface area contributed by atoms with Crippen molar-refractivity contribution in [3.8, 4) is 5.75 Å². The minimum Gasteiger partial charge on any atom is -0.406 e. The molecule has 3 rings (SSSR count). The molecular formula is C18H17ClF4N2O. The summed E-state index contributed by atoms with van der Waals surface area (Å²) in [6, 6.07) is 9.59. The van der Waals surface area contributed by atoms with Crippen LogP contribution in [0.25, 0.3) is 0 Å². The van der Waals surface area contributed by atoms with Gasteiger partial charge in [0.2, 0.25) is 0 Å². The maximum absolute atomic E-state index is 14.5. The van der Waals surface area contributed by atoms with E-state index in [2.05, 4.69) is 15.0 Å². The van der Waals surface area contributed by atoms with Crippen molar-refractivity contribution in [3.63, 3.8) is 0 Å². The highest BCUT2D eigenvalue weighted by atomic mass is 35.5. The monoisotopic (exact) mass is 388 g/mol. The van der Waals surface area contributed by atoms with Gasteiger partial charge in [0.25, 0.3) is 0 Å². The van der Waals surface area contributed by atoms with Crippen LogP contribution < -0.4 is 10.1 Å². The highest BCUT2D eigenvalue weighted by Crippen LogP contribution is 2.33. The molecule has 1 atom stereocenters. The topological polar surface area (TPSA) is 24.5 Å². The number of ether oxygens (including phenoxy) is 1. The summed E-state index contributed by atoms with van der Waals surface area (Å²) in [5.41, 5.74) is 1.11. The number of hydrogen-bond donors (Lipinski definition) is 1. The van der Waals surface area contributed by atoms with Crippen molar-refractivity contribution >= 4 is 11.6 Å². The second kappa shape index (κ2) is 7.82. The maximum Gasteiger partial charge on any atom is 0.573 e. The van der Waals surface area contributed by atoms with Gasteiger partial charge >= 0.3 is 6.36 Å². The normalized spacial score (nSPS) is 17.1. The van der Waals surface area contributed by atoms with Crippen LogP contribution in [0.4, 0.5) is 17.6 Å². The lowest BCUT2D eigenvalue weighted by Crippen LogP contribution is -2.45. The summed E-state index contributed by atoms with van der Waals surface area (Å²) in [7, 11) is 0. The van der Waals surface area contributed by atoms with E-state index in [1.54, 1.807) is 12.1 Å². The van der Waals surface area contributed by atoms with E-state index in [1.165, 1.54) is 30.3 Å². The highest BCUT2D eigenvalue weighted by Gasteiger charge is 2.31. The Balaban J connectivity index is 1.95. The molecule has 0 aromatic heterocycles. The van der Waals surface area contributed by atoms with E-state index < -0.39 is 18.2 Å². The van der Waals surface area contributed by atoms with Gasteiger partial charge in [0.05, 0.1) is 6.04 Å². The summed E-state index contributed by atoms with van der Waals surface area (Å²) in [6.07, 6.45) is -4.75. The molecule has 0 unspecified atom stereocenters. The summed E-state index contributed by atoms with van der Waals surface area (Å²) in [6.45, 7) is 2.88. The fourth-order valence-corrected chi connectivity index (χ4v) is 3.26.